The molecule has 18 heavy (non-hydrogen) atoms. The summed E-state index contributed by atoms with van der Waals surface area (Å²) in [5, 5.41) is 0. The van der Waals surface area contributed by atoms with Crippen LogP contribution in [-0.2, 0) is 0 Å². The van der Waals surface area contributed by atoms with E-state index in [0.717, 1.165) is 21.1 Å². The lowest BCUT2D eigenvalue weighted by Crippen LogP contribution is -2.11. The van der Waals surface area contributed by atoms with Gasteiger partial charge in [-0.2, -0.15) is 0 Å². The van der Waals surface area contributed by atoms with E-state index < -0.39 is 0 Å². The van der Waals surface area contributed by atoms with Crippen LogP contribution in [0.15, 0.2) is 57.8 Å². The van der Waals surface area contributed by atoms with Crippen LogP contribution in [0.3, 0.4) is 0 Å². The number of nitrogens with zero attached hydrogens (tertiary/aromatic N) is 1. The zero-order valence-electron chi connectivity index (χ0n) is 9.35. The first-order chi connectivity index (χ1) is 8.74. The summed E-state index contributed by atoms with van der Waals surface area (Å²) >= 11 is 3.37. The maximum atomic E-state index is 12.0. The van der Waals surface area contributed by atoms with E-state index in [4.69, 9.17) is 0 Å². The summed E-state index contributed by atoms with van der Waals surface area (Å²) in [6, 6.07) is 15.0. The van der Waals surface area contributed by atoms with Gasteiger partial charge in [0.15, 0.2) is 0 Å². The molecular weight excluding hydrogens is 292 g/mol. The zero-order valence-corrected chi connectivity index (χ0v) is 10.9. The van der Waals surface area contributed by atoms with Crippen LogP contribution in [0.2, 0.25) is 0 Å². The third kappa shape index (κ3) is 1.95. The molecule has 4 heteroatoms. The number of hydrogen-bond acceptors (Lipinski definition) is 2. The van der Waals surface area contributed by atoms with Crippen molar-refractivity contribution in [3.05, 3.63) is 63.4 Å². The van der Waals surface area contributed by atoms with Crippen molar-refractivity contribution in [2.45, 2.75) is 0 Å². The minimum absolute atomic E-state index is 0.170. The summed E-state index contributed by atoms with van der Waals surface area (Å²) in [6.45, 7) is 0. The van der Waals surface area contributed by atoms with E-state index >= 15 is 0 Å². The fourth-order valence-electron chi connectivity index (χ4n) is 1.83. The molecule has 0 radical (unpaired) electrons. The predicted molar refractivity (Wildman–Crippen MR) is 75.5 cm³/mol. The molecule has 3 aromatic rings. The standard InChI is InChI=1S/C14H9BrN2O/c15-10-7-5-9(6-8-10)13-14(18)17-12-4-2-1-3-11(12)16-13/h1-8H,(H,17,18). The molecule has 0 aliphatic heterocycles. The van der Waals surface area contributed by atoms with Gasteiger partial charge in [0, 0.05) is 10.0 Å². The van der Waals surface area contributed by atoms with Crippen LogP contribution in [0.25, 0.3) is 22.3 Å². The number of para-hydroxylation sites is 2. The third-order valence-electron chi connectivity index (χ3n) is 2.72. The van der Waals surface area contributed by atoms with Gasteiger partial charge in [-0.15, -0.1) is 0 Å². The van der Waals surface area contributed by atoms with Crippen LogP contribution >= 0.6 is 15.9 Å². The normalized spacial score (nSPS) is 10.7. The molecular formula is C14H9BrN2O. The molecule has 0 fully saturated rings. The van der Waals surface area contributed by atoms with E-state index in [2.05, 4.69) is 25.9 Å². The second kappa shape index (κ2) is 4.38. The average Bonchev–Trinajstić information content (AvgIpc) is 2.39. The van der Waals surface area contributed by atoms with E-state index in [0.29, 0.717) is 5.69 Å². The van der Waals surface area contributed by atoms with E-state index in [9.17, 15) is 4.79 Å². The van der Waals surface area contributed by atoms with Gasteiger partial charge in [-0.1, -0.05) is 40.2 Å². The van der Waals surface area contributed by atoms with Crippen molar-refractivity contribution in [2.24, 2.45) is 0 Å². The lowest BCUT2D eigenvalue weighted by molar-refractivity contribution is 1.22. The van der Waals surface area contributed by atoms with Gasteiger partial charge < -0.3 is 4.98 Å². The Kier molecular flexibility index (Phi) is 2.72. The highest BCUT2D eigenvalue weighted by Gasteiger charge is 2.06. The predicted octanol–water partition coefficient (Wildman–Crippen LogP) is 3.35. The van der Waals surface area contributed by atoms with Crippen molar-refractivity contribution in [1.29, 1.82) is 0 Å². The smallest absolute Gasteiger partial charge is 0.274 e. The van der Waals surface area contributed by atoms with E-state index in [1.165, 1.54) is 0 Å². The first-order valence-corrected chi connectivity index (χ1v) is 6.28. The Morgan fingerprint density at radius 2 is 1.72 bits per heavy atom. The average molecular weight is 301 g/mol. The molecule has 1 heterocycles. The summed E-state index contributed by atoms with van der Waals surface area (Å²) in [6.07, 6.45) is 0. The minimum Gasteiger partial charge on any atom is -0.319 e. The second-order valence-electron chi connectivity index (χ2n) is 3.94. The van der Waals surface area contributed by atoms with E-state index in [1.54, 1.807) is 0 Å². The van der Waals surface area contributed by atoms with Crippen molar-refractivity contribution < 1.29 is 0 Å². The van der Waals surface area contributed by atoms with Gasteiger partial charge in [0.05, 0.1) is 11.0 Å². The van der Waals surface area contributed by atoms with Gasteiger partial charge in [-0.3, -0.25) is 4.79 Å². The highest BCUT2D eigenvalue weighted by Crippen LogP contribution is 2.18. The fraction of sp³-hybridized carbons (Fsp3) is 0. The monoisotopic (exact) mass is 300 g/mol. The van der Waals surface area contributed by atoms with Crippen LogP contribution in [0.4, 0.5) is 0 Å². The molecule has 3 nitrogen and oxygen atoms in total. The van der Waals surface area contributed by atoms with Crippen LogP contribution in [0, 0.1) is 0 Å². The Morgan fingerprint density at radius 1 is 1.00 bits per heavy atom. The molecule has 2 aromatic carbocycles. The highest BCUT2D eigenvalue weighted by atomic mass is 79.9. The van der Waals surface area contributed by atoms with Crippen LogP contribution < -0.4 is 5.56 Å². The lowest BCUT2D eigenvalue weighted by atomic mass is 10.1. The maximum absolute atomic E-state index is 12.0. The lowest BCUT2D eigenvalue weighted by Gasteiger charge is -2.02. The van der Waals surface area contributed by atoms with Gasteiger partial charge >= 0.3 is 0 Å². The summed E-state index contributed by atoms with van der Waals surface area (Å²) in [5.41, 5.74) is 2.63. The van der Waals surface area contributed by atoms with Gasteiger partial charge in [0.2, 0.25) is 0 Å². The molecule has 0 saturated carbocycles. The summed E-state index contributed by atoms with van der Waals surface area (Å²) in [7, 11) is 0. The first-order valence-electron chi connectivity index (χ1n) is 5.49. The Balaban J connectivity index is 2.26. The van der Waals surface area contributed by atoms with Crippen molar-refractivity contribution in [3.63, 3.8) is 0 Å². The largest absolute Gasteiger partial charge is 0.319 e. The van der Waals surface area contributed by atoms with Crippen LogP contribution in [0.1, 0.15) is 0 Å². The molecule has 0 aliphatic carbocycles. The topological polar surface area (TPSA) is 45.8 Å². The number of H-pyrrole nitrogens is 1. The third-order valence-corrected chi connectivity index (χ3v) is 3.25. The Morgan fingerprint density at radius 3 is 2.50 bits per heavy atom. The van der Waals surface area contributed by atoms with Gasteiger partial charge in [0.1, 0.15) is 5.69 Å². The molecule has 0 unspecified atom stereocenters. The number of fused-ring (bicyclic) bond motifs is 1. The molecule has 1 N–H and O–H groups in total. The maximum Gasteiger partial charge on any atom is 0.274 e. The first kappa shape index (κ1) is 11.2. The number of rotatable bonds is 1. The summed E-state index contributed by atoms with van der Waals surface area (Å²) in [5.74, 6) is 0. The van der Waals surface area contributed by atoms with Gasteiger partial charge in [-0.05, 0) is 24.3 Å². The highest BCUT2D eigenvalue weighted by molar-refractivity contribution is 9.10. The number of aromatic amines is 1. The number of hydrogen-bond donors (Lipinski definition) is 1. The Hall–Kier alpha value is -1.94. The van der Waals surface area contributed by atoms with Crippen molar-refractivity contribution >= 4 is 27.0 Å². The number of aromatic nitrogens is 2. The molecule has 88 valence electrons. The number of benzene rings is 2. The molecule has 0 atom stereocenters. The van der Waals surface area contributed by atoms with Crippen LogP contribution in [0.5, 0.6) is 0 Å². The van der Waals surface area contributed by atoms with E-state index in [-0.39, 0.29) is 5.56 Å². The quantitative estimate of drug-likeness (QED) is 0.749. The molecule has 0 aliphatic rings. The van der Waals surface area contributed by atoms with Crippen LogP contribution in [-0.4, -0.2) is 9.97 Å². The van der Waals surface area contributed by atoms with E-state index in [1.807, 2.05) is 48.5 Å². The van der Waals surface area contributed by atoms with Gasteiger partial charge in [0.25, 0.3) is 5.56 Å². The van der Waals surface area contributed by atoms with Gasteiger partial charge in [-0.25, -0.2) is 4.98 Å². The zero-order chi connectivity index (χ0) is 12.5. The van der Waals surface area contributed by atoms with Crippen molar-refractivity contribution in [2.75, 3.05) is 0 Å². The molecule has 0 amide bonds. The van der Waals surface area contributed by atoms with Crippen molar-refractivity contribution in [3.8, 4) is 11.3 Å². The fourth-order valence-corrected chi connectivity index (χ4v) is 2.10. The minimum atomic E-state index is -0.170. The van der Waals surface area contributed by atoms with Crippen molar-refractivity contribution in [1.82, 2.24) is 9.97 Å². The molecule has 0 spiro atoms. The summed E-state index contributed by atoms with van der Waals surface area (Å²) < 4.78 is 0.975. The molecule has 0 saturated heterocycles. The molecule has 0 bridgehead atoms. The number of halogens is 1. The Bertz CT molecular complexity index is 763. The summed E-state index contributed by atoms with van der Waals surface area (Å²) in [4.78, 5) is 19.2. The second-order valence-corrected chi connectivity index (χ2v) is 4.85. The Labute approximate surface area is 112 Å². The number of nitrogens with one attached hydrogen (secondary N) is 1. The molecule has 3 rings (SSSR count). The SMILES string of the molecule is O=c1[nH]c2ccccc2nc1-c1ccc(Br)cc1. The molecule has 1 aromatic heterocycles.